The molecule has 2 heterocycles. The molecule has 0 spiro atoms. The average molecular weight is 263 g/mol. The Labute approximate surface area is 109 Å². The zero-order chi connectivity index (χ0) is 13.4. The average Bonchev–Trinajstić information content (AvgIpc) is 2.71. The zero-order valence-corrected chi connectivity index (χ0v) is 10.1. The van der Waals surface area contributed by atoms with Gasteiger partial charge in [-0.3, -0.25) is 9.69 Å². The highest BCUT2D eigenvalue weighted by atomic mass is 16.6. The molecule has 0 aliphatic carbocycles. The van der Waals surface area contributed by atoms with Crippen molar-refractivity contribution in [2.75, 3.05) is 25.5 Å². The molecule has 7 heteroatoms. The summed E-state index contributed by atoms with van der Waals surface area (Å²) < 4.78 is 10.9. The van der Waals surface area contributed by atoms with E-state index in [1.807, 2.05) is 0 Å². The topological polar surface area (TPSA) is 93.9 Å². The minimum Gasteiger partial charge on any atom is -0.486 e. The molecular weight excluding hydrogens is 250 g/mol. The van der Waals surface area contributed by atoms with Gasteiger partial charge in [0.2, 0.25) is 5.91 Å². The van der Waals surface area contributed by atoms with E-state index >= 15 is 0 Å². The summed E-state index contributed by atoms with van der Waals surface area (Å²) in [4.78, 5) is 24.1. The fourth-order valence-electron chi connectivity index (χ4n) is 2.07. The lowest BCUT2D eigenvalue weighted by atomic mass is 10.1. The summed E-state index contributed by atoms with van der Waals surface area (Å²) in [5, 5.41) is 2.46. The van der Waals surface area contributed by atoms with Crippen LogP contribution >= 0.6 is 0 Å². The SMILES string of the molecule is Nc1cc2c(cc1CN1C(=O)CNC1=O)OCCO2. The second-order valence-electron chi connectivity index (χ2n) is 4.33. The molecule has 1 saturated heterocycles. The summed E-state index contributed by atoms with van der Waals surface area (Å²) in [5.41, 5.74) is 7.04. The van der Waals surface area contributed by atoms with Crippen LogP contribution < -0.4 is 20.5 Å². The van der Waals surface area contributed by atoms with Gasteiger partial charge in [0, 0.05) is 11.8 Å². The number of hydrogen-bond donors (Lipinski definition) is 2. The summed E-state index contributed by atoms with van der Waals surface area (Å²) in [5.74, 6) is 0.909. The second kappa shape index (κ2) is 4.34. The number of nitrogen functional groups attached to an aromatic ring is 1. The van der Waals surface area contributed by atoms with Gasteiger partial charge < -0.3 is 20.5 Å². The highest BCUT2D eigenvalue weighted by Gasteiger charge is 2.29. The van der Waals surface area contributed by atoms with Gasteiger partial charge in [0.1, 0.15) is 13.2 Å². The Morgan fingerprint density at radius 3 is 2.53 bits per heavy atom. The van der Waals surface area contributed by atoms with E-state index in [1.165, 1.54) is 0 Å². The Balaban J connectivity index is 1.88. The van der Waals surface area contributed by atoms with Gasteiger partial charge in [-0.2, -0.15) is 0 Å². The summed E-state index contributed by atoms with van der Waals surface area (Å²) in [6.45, 7) is 1.12. The smallest absolute Gasteiger partial charge is 0.324 e. The molecule has 0 bridgehead atoms. The first-order chi connectivity index (χ1) is 9.15. The number of carbonyl (C=O) groups excluding carboxylic acids is 2. The van der Waals surface area contributed by atoms with E-state index in [0.29, 0.717) is 36.0 Å². The number of fused-ring (bicyclic) bond motifs is 1. The van der Waals surface area contributed by atoms with Crippen molar-refractivity contribution in [3.63, 3.8) is 0 Å². The minimum absolute atomic E-state index is 0.0310. The van der Waals surface area contributed by atoms with Crippen molar-refractivity contribution in [2.45, 2.75) is 6.54 Å². The molecule has 1 aromatic rings. The fraction of sp³-hybridized carbons (Fsp3) is 0.333. The van der Waals surface area contributed by atoms with Crippen molar-refractivity contribution >= 4 is 17.6 Å². The number of rotatable bonds is 2. The van der Waals surface area contributed by atoms with Crippen LogP contribution in [0, 0.1) is 0 Å². The van der Waals surface area contributed by atoms with Crippen LogP contribution in [0.2, 0.25) is 0 Å². The third-order valence-electron chi connectivity index (χ3n) is 3.07. The van der Waals surface area contributed by atoms with Crippen molar-refractivity contribution < 1.29 is 19.1 Å². The molecule has 2 aliphatic rings. The molecule has 7 nitrogen and oxygen atoms in total. The molecule has 19 heavy (non-hydrogen) atoms. The number of imide groups is 1. The number of anilines is 1. The molecule has 0 atom stereocenters. The first kappa shape index (κ1) is 11.6. The van der Waals surface area contributed by atoms with Gasteiger partial charge >= 0.3 is 6.03 Å². The Morgan fingerprint density at radius 2 is 1.89 bits per heavy atom. The maximum Gasteiger partial charge on any atom is 0.324 e. The van der Waals surface area contributed by atoms with Gasteiger partial charge in [0.05, 0.1) is 13.1 Å². The fourth-order valence-corrected chi connectivity index (χ4v) is 2.07. The zero-order valence-electron chi connectivity index (χ0n) is 10.1. The van der Waals surface area contributed by atoms with Crippen molar-refractivity contribution in [3.8, 4) is 11.5 Å². The molecule has 3 amide bonds. The Morgan fingerprint density at radius 1 is 1.21 bits per heavy atom. The van der Waals surface area contributed by atoms with E-state index < -0.39 is 6.03 Å². The predicted octanol–water partition coefficient (Wildman–Crippen LogP) is 0.0918. The third-order valence-corrected chi connectivity index (χ3v) is 3.07. The number of carbonyl (C=O) groups is 2. The molecule has 3 N–H and O–H groups in total. The number of nitrogens with two attached hydrogens (primary N) is 1. The summed E-state index contributed by atoms with van der Waals surface area (Å²) in [6, 6.07) is 2.96. The van der Waals surface area contributed by atoms with E-state index in [2.05, 4.69) is 5.32 Å². The van der Waals surface area contributed by atoms with Crippen molar-refractivity contribution in [3.05, 3.63) is 17.7 Å². The number of benzene rings is 1. The quantitative estimate of drug-likeness (QED) is 0.582. The molecular formula is C12H13N3O4. The number of ether oxygens (including phenoxy) is 2. The first-order valence-electron chi connectivity index (χ1n) is 5.91. The molecule has 0 unspecified atom stereocenters. The summed E-state index contributed by atoms with van der Waals surface area (Å²) in [7, 11) is 0. The first-order valence-corrected chi connectivity index (χ1v) is 5.91. The lowest BCUT2D eigenvalue weighted by Gasteiger charge is -2.21. The van der Waals surface area contributed by atoms with Crippen molar-refractivity contribution in [1.82, 2.24) is 10.2 Å². The number of urea groups is 1. The third kappa shape index (κ3) is 2.03. The number of nitrogens with zero attached hydrogens (tertiary/aromatic N) is 1. The van der Waals surface area contributed by atoms with Crippen LogP contribution in [0.4, 0.5) is 10.5 Å². The lowest BCUT2D eigenvalue weighted by Crippen LogP contribution is -2.30. The minimum atomic E-state index is -0.403. The molecule has 0 saturated carbocycles. The van der Waals surface area contributed by atoms with Gasteiger partial charge in [-0.05, 0) is 11.6 Å². The number of nitrogens with one attached hydrogen (secondary N) is 1. The molecule has 0 radical (unpaired) electrons. The van der Waals surface area contributed by atoms with Gasteiger partial charge in [-0.1, -0.05) is 0 Å². The largest absolute Gasteiger partial charge is 0.486 e. The Hall–Kier alpha value is -2.44. The van der Waals surface area contributed by atoms with Crippen LogP contribution in [0.15, 0.2) is 12.1 Å². The second-order valence-corrected chi connectivity index (χ2v) is 4.33. The number of amides is 3. The van der Waals surface area contributed by atoms with Gasteiger partial charge in [-0.15, -0.1) is 0 Å². The number of hydrogen-bond acceptors (Lipinski definition) is 5. The Kier molecular flexibility index (Phi) is 2.66. The van der Waals surface area contributed by atoms with E-state index in [9.17, 15) is 9.59 Å². The lowest BCUT2D eigenvalue weighted by molar-refractivity contribution is -0.125. The predicted molar refractivity (Wildman–Crippen MR) is 65.8 cm³/mol. The molecule has 2 aliphatic heterocycles. The van der Waals surface area contributed by atoms with Crippen LogP contribution in [0.5, 0.6) is 11.5 Å². The molecule has 1 aromatic carbocycles. The van der Waals surface area contributed by atoms with Crippen LogP contribution in [-0.4, -0.2) is 36.6 Å². The summed E-state index contributed by atoms with van der Waals surface area (Å²) >= 11 is 0. The van der Waals surface area contributed by atoms with E-state index in [1.54, 1.807) is 12.1 Å². The van der Waals surface area contributed by atoms with Crippen molar-refractivity contribution in [1.29, 1.82) is 0 Å². The van der Waals surface area contributed by atoms with Crippen LogP contribution in [0.3, 0.4) is 0 Å². The summed E-state index contributed by atoms with van der Waals surface area (Å²) in [6.07, 6.45) is 0. The van der Waals surface area contributed by atoms with Gasteiger partial charge in [-0.25, -0.2) is 4.79 Å². The van der Waals surface area contributed by atoms with Crippen LogP contribution in [-0.2, 0) is 11.3 Å². The van der Waals surface area contributed by atoms with E-state index in [0.717, 1.165) is 4.90 Å². The monoisotopic (exact) mass is 263 g/mol. The van der Waals surface area contributed by atoms with E-state index in [-0.39, 0.29) is 19.0 Å². The maximum absolute atomic E-state index is 11.5. The van der Waals surface area contributed by atoms with Crippen LogP contribution in [0.1, 0.15) is 5.56 Å². The van der Waals surface area contributed by atoms with Crippen LogP contribution in [0.25, 0.3) is 0 Å². The highest BCUT2D eigenvalue weighted by Crippen LogP contribution is 2.35. The Bertz CT molecular complexity index is 542. The van der Waals surface area contributed by atoms with E-state index in [4.69, 9.17) is 15.2 Å². The highest BCUT2D eigenvalue weighted by molar-refractivity contribution is 6.01. The standard InChI is InChI=1S/C12H13N3O4/c13-8-4-10-9(18-1-2-19-10)3-7(8)6-15-11(16)5-14-12(15)17/h3-4H,1-2,5-6,13H2,(H,14,17). The van der Waals surface area contributed by atoms with Crippen molar-refractivity contribution in [2.24, 2.45) is 0 Å². The normalized spacial score (nSPS) is 17.6. The molecule has 0 aromatic heterocycles. The molecule has 100 valence electrons. The molecule has 3 rings (SSSR count). The molecule has 1 fully saturated rings. The van der Waals surface area contributed by atoms with Gasteiger partial charge in [0.15, 0.2) is 11.5 Å². The van der Waals surface area contributed by atoms with Gasteiger partial charge in [0.25, 0.3) is 0 Å². The maximum atomic E-state index is 11.5.